The van der Waals surface area contributed by atoms with Gasteiger partial charge in [0.05, 0.1) is 11.6 Å². The molecule has 1 nitrogen and oxygen atoms in total. The van der Waals surface area contributed by atoms with Crippen LogP contribution in [0.15, 0.2) is 12.1 Å². The maximum Gasteiger partial charge on any atom is 0.144 e. The molecule has 0 spiro atoms. The molecule has 0 aliphatic rings. The molecule has 66 valence electrons. The Labute approximate surface area is 73.9 Å². The molecule has 0 saturated carbocycles. The standard InChI is InChI=1S/C8H7ClF2O/c1-12-4-5-2-6(9)8(11)3-7(5)10/h2-3H,4H2,1H3. The van der Waals surface area contributed by atoms with Crippen LogP contribution < -0.4 is 0 Å². The molecule has 1 aromatic rings. The average molecular weight is 193 g/mol. The molecule has 0 fully saturated rings. The van der Waals surface area contributed by atoms with Crippen molar-refractivity contribution < 1.29 is 13.5 Å². The van der Waals surface area contributed by atoms with E-state index in [-0.39, 0.29) is 17.2 Å². The van der Waals surface area contributed by atoms with Crippen molar-refractivity contribution in [2.24, 2.45) is 0 Å². The van der Waals surface area contributed by atoms with Gasteiger partial charge < -0.3 is 4.74 Å². The Bertz CT molecular complexity index is 289. The van der Waals surface area contributed by atoms with E-state index in [1.807, 2.05) is 0 Å². The lowest BCUT2D eigenvalue weighted by molar-refractivity contribution is 0.181. The first-order valence-corrected chi connectivity index (χ1v) is 3.65. The summed E-state index contributed by atoms with van der Waals surface area (Å²) in [5, 5.41) is -0.0940. The van der Waals surface area contributed by atoms with Gasteiger partial charge >= 0.3 is 0 Å². The van der Waals surface area contributed by atoms with Gasteiger partial charge in [-0.25, -0.2) is 8.78 Å². The fourth-order valence-corrected chi connectivity index (χ4v) is 1.02. The summed E-state index contributed by atoms with van der Waals surface area (Å²) in [7, 11) is 1.43. The molecule has 0 aromatic heterocycles. The number of rotatable bonds is 2. The van der Waals surface area contributed by atoms with Crippen molar-refractivity contribution in [3.63, 3.8) is 0 Å². The van der Waals surface area contributed by atoms with E-state index in [0.717, 1.165) is 6.07 Å². The number of ether oxygens (including phenoxy) is 1. The summed E-state index contributed by atoms with van der Waals surface area (Å²) in [6.07, 6.45) is 0. The van der Waals surface area contributed by atoms with Crippen LogP contribution in [0.4, 0.5) is 8.78 Å². The first-order chi connectivity index (χ1) is 5.65. The van der Waals surface area contributed by atoms with Crippen LogP contribution in [0, 0.1) is 11.6 Å². The minimum absolute atomic E-state index is 0.0891. The summed E-state index contributed by atoms with van der Waals surface area (Å²) in [5.74, 6) is -1.40. The van der Waals surface area contributed by atoms with Crippen LogP contribution in [0.1, 0.15) is 5.56 Å². The normalized spacial score (nSPS) is 10.3. The third-order valence-electron chi connectivity index (χ3n) is 1.39. The van der Waals surface area contributed by atoms with Crippen molar-refractivity contribution in [3.05, 3.63) is 34.4 Å². The molecule has 0 atom stereocenters. The molecule has 0 saturated heterocycles. The maximum atomic E-state index is 12.8. The van der Waals surface area contributed by atoms with Gasteiger partial charge in [0, 0.05) is 18.7 Å². The van der Waals surface area contributed by atoms with Gasteiger partial charge in [0.15, 0.2) is 0 Å². The van der Waals surface area contributed by atoms with Crippen molar-refractivity contribution >= 4 is 11.6 Å². The van der Waals surface area contributed by atoms with Crippen molar-refractivity contribution in [1.29, 1.82) is 0 Å². The summed E-state index contributed by atoms with van der Waals surface area (Å²) in [6, 6.07) is 1.96. The van der Waals surface area contributed by atoms with Crippen molar-refractivity contribution in [2.45, 2.75) is 6.61 Å². The van der Waals surface area contributed by atoms with Gasteiger partial charge in [0.2, 0.25) is 0 Å². The van der Waals surface area contributed by atoms with Gasteiger partial charge in [-0.1, -0.05) is 11.6 Å². The quantitative estimate of drug-likeness (QED) is 0.655. The van der Waals surface area contributed by atoms with E-state index >= 15 is 0 Å². The van der Waals surface area contributed by atoms with Crippen molar-refractivity contribution in [2.75, 3.05) is 7.11 Å². The Hall–Kier alpha value is -0.670. The molecule has 0 heterocycles. The zero-order valence-corrected chi connectivity index (χ0v) is 7.16. The molecule has 0 N–H and O–H groups in total. The number of benzene rings is 1. The Morgan fingerprint density at radius 3 is 2.58 bits per heavy atom. The van der Waals surface area contributed by atoms with E-state index in [0.29, 0.717) is 0 Å². The summed E-state index contributed by atoms with van der Waals surface area (Å²) < 4.78 is 30.1. The van der Waals surface area contributed by atoms with E-state index in [4.69, 9.17) is 11.6 Å². The summed E-state index contributed by atoms with van der Waals surface area (Å²) in [4.78, 5) is 0. The fraction of sp³-hybridized carbons (Fsp3) is 0.250. The molecule has 0 unspecified atom stereocenters. The minimum atomic E-state index is -0.756. The van der Waals surface area contributed by atoms with Crippen LogP contribution in [0.2, 0.25) is 5.02 Å². The van der Waals surface area contributed by atoms with Gasteiger partial charge in [-0.05, 0) is 6.07 Å². The molecule has 0 radical (unpaired) electrons. The van der Waals surface area contributed by atoms with Crippen molar-refractivity contribution in [3.8, 4) is 0 Å². The smallest absolute Gasteiger partial charge is 0.144 e. The van der Waals surface area contributed by atoms with Gasteiger partial charge in [0.1, 0.15) is 11.6 Å². The van der Waals surface area contributed by atoms with Gasteiger partial charge in [-0.2, -0.15) is 0 Å². The van der Waals surface area contributed by atoms with Crippen LogP contribution in [-0.2, 0) is 11.3 Å². The zero-order chi connectivity index (χ0) is 9.14. The lowest BCUT2D eigenvalue weighted by Gasteiger charge is -2.02. The molecule has 0 aliphatic carbocycles. The molecule has 12 heavy (non-hydrogen) atoms. The van der Waals surface area contributed by atoms with Crippen molar-refractivity contribution in [1.82, 2.24) is 0 Å². The molecule has 1 rings (SSSR count). The first kappa shape index (κ1) is 9.42. The maximum absolute atomic E-state index is 12.8. The van der Waals surface area contributed by atoms with Crippen LogP contribution in [-0.4, -0.2) is 7.11 Å². The molecular weight excluding hydrogens is 186 g/mol. The number of methoxy groups -OCH3 is 1. The van der Waals surface area contributed by atoms with Crippen LogP contribution in [0.3, 0.4) is 0 Å². The topological polar surface area (TPSA) is 9.23 Å². The third-order valence-corrected chi connectivity index (χ3v) is 1.68. The second kappa shape index (κ2) is 3.83. The summed E-state index contributed by atoms with van der Waals surface area (Å²) in [5.41, 5.74) is 0.254. The predicted molar refractivity (Wildman–Crippen MR) is 42.1 cm³/mol. The lowest BCUT2D eigenvalue weighted by Crippen LogP contribution is -1.94. The fourth-order valence-electron chi connectivity index (χ4n) is 0.830. The Kier molecular flexibility index (Phi) is 3.00. The zero-order valence-electron chi connectivity index (χ0n) is 6.40. The predicted octanol–water partition coefficient (Wildman–Crippen LogP) is 2.76. The van der Waals surface area contributed by atoms with E-state index < -0.39 is 11.6 Å². The lowest BCUT2D eigenvalue weighted by atomic mass is 10.2. The van der Waals surface area contributed by atoms with Gasteiger partial charge in [-0.15, -0.1) is 0 Å². The highest BCUT2D eigenvalue weighted by Crippen LogP contribution is 2.19. The first-order valence-electron chi connectivity index (χ1n) is 3.27. The number of hydrogen-bond acceptors (Lipinski definition) is 1. The second-order valence-corrected chi connectivity index (χ2v) is 2.70. The highest BCUT2D eigenvalue weighted by molar-refractivity contribution is 6.30. The van der Waals surface area contributed by atoms with Crippen LogP contribution in [0.5, 0.6) is 0 Å². The molecular formula is C8H7ClF2O. The van der Waals surface area contributed by atoms with E-state index in [9.17, 15) is 8.78 Å². The molecule has 0 aliphatic heterocycles. The summed E-state index contributed by atoms with van der Waals surface area (Å²) in [6.45, 7) is 0.0891. The minimum Gasteiger partial charge on any atom is -0.380 e. The van der Waals surface area contributed by atoms with Crippen LogP contribution >= 0.6 is 11.6 Å². The number of halogens is 3. The Balaban J connectivity index is 3.05. The monoisotopic (exact) mass is 192 g/mol. The van der Waals surface area contributed by atoms with Crippen LogP contribution in [0.25, 0.3) is 0 Å². The molecule has 1 aromatic carbocycles. The molecule has 0 amide bonds. The third kappa shape index (κ3) is 1.93. The Morgan fingerprint density at radius 1 is 1.33 bits per heavy atom. The van der Waals surface area contributed by atoms with E-state index in [2.05, 4.69) is 4.74 Å². The molecule has 0 bridgehead atoms. The van der Waals surface area contributed by atoms with Gasteiger partial charge in [-0.3, -0.25) is 0 Å². The number of hydrogen-bond donors (Lipinski definition) is 0. The largest absolute Gasteiger partial charge is 0.380 e. The van der Waals surface area contributed by atoms with E-state index in [1.54, 1.807) is 0 Å². The highest BCUT2D eigenvalue weighted by Gasteiger charge is 2.07. The van der Waals surface area contributed by atoms with E-state index in [1.165, 1.54) is 13.2 Å². The molecule has 4 heteroatoms. The highest BCUT2D eigenvalue weighted by atomic mass is 35.5. The second-order valence-electron chi connectivity index (χ2n) is 2.29. The SMILES string of the molecule is COCc1cc(Cl)c(F)cc1F. The summed E-state index contributed by atoms with van der Waals surface area (Å²) >= 11 is 5.42. The average Bonchev–Trinajstić information content (AvgIpc) is 2.01. The Morgan fingerprint density at radius 2 is 2.00 bits per heavy atom. The van der Waals surface area contributed by atoms with Gasteiger partial charge in [0.25, 0.3) is 0 Å².